The Morgan fingerprint density at radius 2 is 2.20 bits per heavy atom. The molecule has 110 valence electrons. The molecule has 1 N–H and O–H groups in total. The van der Waals surface area contributed by atoms with Crippen molar-refractivity contribution in [2.45, 2.75) is 39.2 Å². The minimum atomic E-state index is -0.430. The Hall–Kier alpha value is -1.36. The van der Waals surface area contributed by atoms with Crippen LogP contribution >= 0.6 is 11.3 Å². The molecule has 0 bridgehead atoms. The van der Waals surface area contributed by atoms with E-state index in [2.05, 4.69) is 19.2 Å². The average Bonchev–Trinajstić information content (AvgIpc) is 2.95. The van der Waals surface area contributed by atoms with Crippen LogP contribution in [0.5, 0.6) is 0 Å². The highest BCUT2D eigenvalue weighted by Gasteiger charge is 2.28. The maximum Gasteiger partial charge on any atom is 0.348 e. The Bertz CT molecular complexity index is 458. The summed E-state index contributed by atoms with van der Waals surface area (Å²) in [5, 5.41) is 4.79. The highest BCUT2D eigenvalue weighted by atomic mass is 32.1. The molecule has 20 heavy (non-hydrogen) atoms. The molecule has 3 atom stereocenters. The summed E-state index contributed by atoms with van der Waals surface area (Å²) in [7, 11) is 0. The van der Waals surface area contributed by atoms with E-state index in [1.165, 1.54) is 17.8 Å². The second-order valence-electron chi connectivity index (χ2n) is 5.49. The second kappa shape index (κ2) is 6.88. The fourth-order valence-electron chi connectivity index (χ4n) is 2.63. The zero-order chi connectivity index (χ0) is 14.5. The van der Waals surface area contributed by atoms with Crippen LogP contribution in [0.2, 0.25) is 0 Å². The molecule has 0 spiro atoms. The normalized spacial score (nSPS) is 26.0. The zero-order valence-electron chi connectivity index (χ0n) is 11.9. The molecule has 1 aliphatic carbocycles. The highest BCUT2D eigenvalue weighted by Crippen LogP contribution is 2.29. The van der Waals surface area contributed by atoms with Gasteiger partial charge < -0.3 is 10.1 Å². The van der Waals surface area contributed by atoms with E-state index in [1.807, 2.05) is 5.38 Å². The zero-order valence-corrected chi connectivity index (χ0v) is 12.7. The van der Waals surface area contributed by atoms with Crippen LogP contribution in [0.25, 0.3) is 0 Å². The SMILES string of the molecule is C[C@H]1[C@H](C)CCC[C@H]1NC(=O)COC(=O)c1cccs1. The molecule has 5 heteroatoms. The first-order valence-electron chi connectivity index (χ1n) is 7.08. The molecule has 2 rings (SSSR count). The Labute approximate surface area is 123 Å². The topological polar surface area (TPSA) is 55.4 Å². The van der Waals surface area contributed by atoms with E-state index >= 15 is 0 Å². The summed E-state index contributed by atoms with van der Waals surface area (Å²) in [6, 6.07) is 3.68. The molecule has 1 aromatic heterocycles. The number of amides is 1. The number of thiophene rings is 1. The largest absolute Gasteiger partial charge is 0.451 e. The summed E-state index contributed by atoms with van der Waals surface area (Å²) in [5.74, 6) is 0.462. The minimum Gasteiger partial charge on any atom is -0.451 e. The standard InChI is InChI=1S/C15H21NO3S/c1-10-5-3-6-12(11(10)2)16-14(17)9-19-15(18)13-7-4-8-20-13/h4,7-8,10-12H,3,5-6,9H2,1-2H3,(H,16,17)/t10-,11+,12-/m1/s1. The number of rotatable bonds is 4. The summed E-state index contributed by atoms with van der Waals surface area (Å²) < 4.78 is 5.01. The summed E-state index contributed by atoms with van der Waals surface area (Å²) >= 11 is 1.31. The van der Waals surface area contributed by atoms with Gasteiger partial charge in [-0.15, -0.1) is 11.3 Å². The van der Waals surface area contributed by atoms with Crippen molar-refractivity contribution in [3.63, 3.8) is 0 Å². The number of esters is 1. The number of ether oxygens (including phenoxy) is 1. The van der Waals surface area contributed by atoms with Crippen molar-refractivity contribution >= 4 is 23.2 Å². The molecule has 1 amide bonds. The Morgan fingerprint density at radius 1 is 1.40 bits per heavy atom. The third kappa shape index (κ3) is 3.82. The van der Waals surface area contributed by atoms with Gasteiger partial charge in [0.05, 0.1) is 0 Å². The van der Waals surface area contributed by atoms with Crippen LogP contribution in [0, 0.1) is 11.8 Å². The lowest BCUT2D eigenvalue weighted by atomic mass is 9.78. The fraction of sp³-hybridized carbons (Fsp3) is 0.600. The van der Waals surface area contributed by atoms with Crippen LogP contribution in [0.3, 0.4) is 0 Å². The van der Waals surface area contributed by atoms with Crippen molar-refractivity contribution in [1.29, 1.82) is 0 Å². The smallest absolute Gasteiger partial charge is 0.348 e. The van der Waals surface area contributed by atoms with E-state index in [0.717, 1.165) is 12.8 Å². The molecule has 0 saturated heterocycles. The maximum atomic E-state index is 11.9. The van der Waals surface area contributed by atoms with Crippen LogP contribution in [-0.2, 0) is 9.53 Å². The van der Waals surface area contributed by atoms with Crippen LogP contribution < -0.4 is 5.32 Å². The Kier molecular flexibility index (Phi) is 5.17. The summed E-state index contributed by atoms with van der Waals surface area (Å²) in [5.41, 5.74) is 0. The first-order valence-corrected chi connectivity index (χ1v) is 7.96. The maximum absolute atomic E-state index is 11.9. The van der Waals surface area contributed by atoms with Crippen LogP contribution in [0.4, 0.5) is 0 Å². The van der Waals surface area contributed by atoms with Gasteiger partial charge in [0.25, 0.3) is 5.91 Å². The molecule has 1 heterocycles. The van der Waals surface area contributed by atoms with E-state index in [-0.39, 0.29) is 18.6 Å². The van der Waals surface area contributed by atoms with Gasteiger partial charge in [-0.05, 0) is 29.7 Å². The lowest BCUT2D eigenvalue weighted by Gasteiger charge is -2.34. The third-order valence-corrected chi connectivity index (χ3v) is 4.96. The number of nitrogens with one attached hydrogen (secondary N) is 1. The highest BCUT2D eigenvalue weighted by molar-refractivity contribution is 7.11. The van der Waals surface area contributed by atoms with Crippen LogP contribution in [0.1, 0.15) is 42.8 Å². The Morgan fingerprint density at radius 3 is 2.90 bits per heavy atom. The van der Waals surface area contributed by atoms with Gasteiger partial charge in [-0.3, -0.25) is 4.79 Å². The molecule has 0 radical (unpaired) electrons. The minimum absolute atomic E-state index is 0.200. The first kappa shape index (κ1) is 15.0. The van der Waals surface area contributed by atoms with Gasteiger partial charge in [0.15, 0.2) is 6.61 Å². The van der Waals surface area contributed by atoms with Crippen molar-refractivity contribution in [3.05, 3.63) is 22.4 Å². The third-order valence-electron chi connectivity index (χ3n) is 4.11. The molecule has 1 saturated carbocycles. The predicted octanol–water partition coefficient (Wildman–Crippen LogP) is 2.85. The number of carbonyl (C=O) groups excluding carboxylic acids is 2. The number of carbonyl (C=O) groups is 2. The Balaban J connectivity index is 1.76. The summed E-state index contributed by atoms with van der Waals surface area (Å²) in [4.78, 5) is 24.0. The molecule has 0 unspecified atom stereocenters. The molecule has 4 nitrogen and oxygen atoms in total. The molecular formula is C15H21NO3S. The van der Waals surface area contributed by atoms with Crippen molar-refractivity contribution in [2.24, 2.45) is 11.8 Å². The molecule has 1 aliphatic rings. The van der Waals surface area contributed by atoms with E-state index in [1.54, 1.807) is 12.1 Å². The van der Waals surface area contributed by atoms with Crippen molar-refractivity contribution in [3.8, 4) is 0 Å². The summed E-state index contributed by atoms with van der Waals surface area (Å²) in [6.07, 6.45) is 3.38. The van der Waals surface area contributed by atoms with Gasteiger partial charge in [0, 0.05) is 6.04 Å². The van der Waals surface area contributed by atoms with E-state index in [9.17, 15) is 9.59 Å². The molecular weight excluding hydrogens is 274 g/mol. The van der Waals surface area contributed by atoms with Gasteiger partial charge in [0.2, 0.25) is 0 Å². The second-order valence-corrected chi connectivity index (χ2v) is 6.44. The van der Waals surface area contributed by atoms with Gasteiger partial charge >= 0.3 is 5.97 Å². The first-order chi connectivity index (χ1) is 9.58. The van der Waals surface area contributed by atoms with Crippen LogP contribution in [-0.4, -0.2) is 24.5 Å². The molecule has 1 aromatic rings. The van der Waals surface area contributed by atoms with Crippen molar-refractivity contribution in [2.75, 3.05) is 6.61 Å². The van der Waals surface area contributed by atoms with Crippen molar-refractivity contribution in [1.82, 2.24) is 5.32 Å². The van der Waals surface area contributed by atoms with Gasteiger partial charge in [-0.25, -0.2) is 4.79 Å². The lowest BCUT2D eigenvalue weighted by Crippen LogP contribution is -2.45. The number of hydrogen-bond donors (Lipinski definition) is 1. The van der Waals surface area contributed by atoms with E-state index in [0.29, 0.717) is 16.7 Å². The number of hydrogen-bond acceptors (Lipinski definition) is 4. The lowest BCUT2D eigenvalue weighted by molar-refractivity contribution is -0.125. The molecule has 1 fully saturated rings. The molecule has 0 aliphatic heterocycles. The monoisotopic (exact) mass is 295 g/mol. The fourth-order valence-corrected chi connectivity index (χ4v) is 3.25. The van der Waals surface area contributed by atoms with Gasteiger partial charge in [-0.1, -0.05) is 32.8 Å². The summed E-state index contributed by atoms with van der Waals surface area (Å²) in [6.45, 7) is 4.20. The predicted molar refractivity (Wildman–Crippen MR) is 78.7 cm³/mol. The van der Waals surface area contributed by atoms with Crippen LogP contribution in [0.15, 0.2) is 17.5 Å². The average molecular weight is 295 g/mol. The quantitative estimate of drug-likeness (QED) is 0.869. The molecule has 0 aromatic carbocycles. The van der Waals surface area contributed by atoms with E-state index < -0.39 is 5.97 Å². The van der Waals surface area contributed by atoms with Gasteiger partial charge in [-0.2, -0.15) is 0 Å². The van der Waals surface area contributed by atoms with Crippen molar-refractivity contribution < 1.29 is 14.3 Å². The van der Waals surface area contributed by atoms with Gasteiger partial charge in [0.1, 0.15) is 4.88 Å². The van der Waals surface area contributed by atoms with E-state index in [4.69, 9.17) is 4.74 Å².